The lowest BCUT2D eigenvalue weighted by molar-refractivity contribution is 0.628. The van der Waals surface area contributed by atoms with Gasteiger partial charge in [-0.3, -0.25) is 0 Å². The van der Waals surface area contributed by atoms with E-state index in [2.05, 4.69) is 4.98 Å². The Bertz CT molecular complexity index is 542. The van der Waals surface area contributed by atoms with Crippen LogP contribution in [-0.2, 0) is 6.54 Å². The average Bonchev–Trinajstić information content (AvgIpc) is 2.39. The van der Waals surface area contributed by atoms with Crippen LogP contribution >= 0.6 is 11.6 Å². The van der Waals surface area contributed by atoms with Gasteiger partial charge in [0.25, 0.3) is 0 Å². The first-order chi connectivity index (χ1) is 8.63. The van der Waals surface area contributed by atoms with Crippen molar-refractivity contribution >= 4 is 23.1 Å². The highest BCUT2D eigenvalue weighted by atomic mass is 35.5. The van der Waals surface area contributed by atoms with Crippen molar-refractivity contribution in [2.24, 2.45) is 5.73 Å². The van der Waals surface area contributed by atoms with Gasteiger partial charge < -0.3 is 10.6 Å². The standard InChI is InChI=1S/C13H13ClFN3/c1-18(11-4-2-10(15)3-5-11)13-12(14)9(8-16)6-7-17-13/h2-7H,8,16H2,1H3. The summed E-state index contributed by atoms with van der Waals surface area (Å²) < 4.78 is 12.9. The first-order valence-electron chi connectivity index (χ1n) is 5.46. The Morgan fingerprint density at radius 3 is 2.56 bits per heavy atom. The van der Waals surface area contributed by atoms with E-state index in [1.807, 2.05) is 7.05 Å². The molecule has 1 heterocycles. The Balaban J connectivity index is 2.39. The smallest absolute Gasteiger partial charge is 0.151 e. The third kappa shape index (κ3) is 2.44. The summed E-state index contributed by atoms with van der Waals surface area (Å²) in [7, 11) is 1.82. The second kappa shape index (κ2) is 5.33. The summed E-state index contributed by atoms with van der Waals surface area (Å²) >= 11 is 6.23. The zero-order chi connectivity index (χ0) is 13.1. The molecule has 0 aliphatic rings. The van der Waals surface area contributed by atoms with E-state index in [4.69, 9.17) is 17.3 Å². The fourth-order valence-corrected chi connectivity index (χ4v) is 1.97. The predicted molar refractivity (Wildman–Crippen MR) is 71.6 cm³/mol. The number of rotatable bonds is 3. The number of hydrogen-bond donors (Lipinski definition) is 1. The summed E-state index contributed by atoms with van der Waals surface area (Å²) in [5.41, 5.74) is 7.23. The molecule has 0 saturated heterocycles. The van der Waals surface area contributed by atoms with E-state index in [0.29, 0.717) is 17.4 Å². The molecule has 0 amide bonds. The number of benzene rings is 1. The third-order valence-corrected chi connectivity index (χ3v) is 3.11. The van der Waals surface area contributed by atoms with E-state index in [1.165, 1.54) is 12.1 Å². The van der Waals surface area contributed by atoms with Gasteiger partial charge >= 0.3 is 0 Å². The molecule has 0 aliphatic heterocycles. The molecule has 0 spiro atoms. The van der Waals surface area contributed by atoms with E-state index < -0.39 is 0 Å². The molecule has 94 valence electrons. The lowest BCUT2D eigenvalue weighted by Crippen LogP contribution is -2.13. The maximum atomic E-state index is 12.9. The van der Waals surface area contributed by atoms with Crippen molar-refractivity contribution in [3.8, 4) is 0 Å². The van der Waals surface area contributed by atoms with E-state index in [9.17, 15) is 4.39 Å². The molecule has 0 atom stereocenters. The molecule has 0 saturated carbocycles. The minimum Gasteiger partial charge on any atom is -0.328 e. The van der Waals surface area contributed by atoms with Gasteiger partial charge in [-0.05, 0) is 35.9 Å². The van der Waals surface area contributed by atoms with Gasteiger partial charge in [0, 0.05) is 25.5 Å². The van der Waals surface area contributed by atoms with Crippen LogP contribution in [-0.4, -0.2) is 12.0 Å². The summed E-state index contributed by atoms with van der Waals surface area (Å²) in [6, 6.07) is 7.91. The van der Waals surface area contributed by atoms with Crippen LogP contribution in [0.25, 0.3) is 0 Å². The van der Waals surface area contributed by atoms with E-state index in [1.54, 1.807) is 29.3 Å². The van der Waals surface area contributed by atoms with Gasteiger partial charge in [0.1, 0.15) is 5.82 Å². The first kappa shape index (κ1) is 12.8. The van der Waals surface area contributed by atoms with Gasteiger partial charge in [0.05, 0.1) is 5.02 Å². The predicted octanol–water partition coefficient (Wildman–Crippen LogP) is 3.10. The van der Waals surface area contributed by atoms with Gasteiger partial charge in [0.2, 0.25) is 0 Å². The fourth-order valence-electron chi connectivity index (χ4n) is 1.65. The highest BCUT2D eigenvalue weighted by Crippen LogP contribution is 2.30. The minimum atomic E-state index is -0.276. The van der Waals surface area contributed by atoms with Crippen molar-refractivity contribution < 1.29 is 4.39 Å². The van der Waals surface area contributed by atoms with Crippen LogP contribution < -0.4 is 10.6 Å². The highest BCUT2D eigenvalue weighted by molar-refractivity contribution is 6.33. The average molecular weight is 266 g/mol. The Hall–Kier alpha value is -1.65. The van der Waals surface area contributed by atoms with Gasteiger partial charge in [-0.15, -0.1) is 0 Å². The third-order valence-electron chi connectivity index (χ3n) is 2.70. The normalized spacial score (nSPS) is 10.4. The van der Waals surface area contributed by atoms with E-state index in [0.717, 1.165) is 11.3 Å². The maximum absolute atomic E-state index is 12.9. The summed E-state index contributed by atoms with van der Waals surface area (Å²) in [5, 5.41) is 0.520. The number of hydrogen-bond acceptors (Lipinski definition) is 3. The second-order valence-electron chi connectivity index (χ2n) is 3.85. The molecule has 0 radical (unpaired) electrons. The molecule has 3 nitrogen and oxygen atoms in total. The zero-order valence-corrected chi connectivity index (χ0v) is 10.7. The summed E-state index contributed by atoms with van der Waals surface area (Å²) in [5.74, 6) is 0.327. The Morgan fingerprint density at radius 2 is 1.94 bits per heavy atom. The molecule has 18 heavy (non-hydrogen) atoms. The quantitative estimate of drug-likeness (QED) is 0.927. The Kier molecular flexibility index (Phi) is 3.79. The van der Waals surface area contributed by atoms with Gasteiger partial charge in [-0.2, -0.15) is 0 Å². The number of pyridine rings is 1. The van der Waals surface area contributed by atoms with E-state index in [-0.39, 0.29) is 5.82 Å². The molecule has 0 fully saturated rings. The Morgan fingerprint density at radius 1 is 1.28 bits per heavy atom. The largest absolute Gasteiger partial charge is 0.328 e. The second-order valence-corrected chi connectivity index (χ2v) is 4.23. The lowest BCUT2D eigenvalue weighted by Gasteiger charge is -2.20. The van der Waals surface area contributed by atoms with Crippen molar-refractivity contribution in [1.82, 2.24) is 4.98 Å². The van der Waals surface area contributed by atoms with Gasteiger partial charge in [-0.1, -0.05) is 11.6 Å². The monoisotopic (exact) mass is 265 g/mol. The van der Waals surface area contributed by atoms with Crippen molar-refractivity contribution in [1.29, 1.82) is 0 Å². The van der Waals surface area contributed by atoms with Crippen molar-refractivity contribution in [3.63, 3.8) is 0 Å². The molecule has 5 heteroatoms. The molecule has 2 N–H and O–H groups in total. The maximum Gasteiger partial charge on any atom is 0.151 e. The molecule has 2 aromatic rings. The summed E-state index contributed by atoms with van der Waals surface area (Å²) in [4.78, 5) is 6.02. The molecular formula is C13H13ClFN3. The number of aromatic nitrogens is 1. The van der Waals surface area contributed by atoms with Gasteiger partial charge in [-0.25, -0.2) is 9.37 Å². The topological polar surface area (TPSA) is 42.2 Å². The van der Waals surface area contributed by atoms with Crippen LogP contribution in [0.15, 0.2) is 36.5 Å². The molecule has 0 unspecified atom stereocenters. The van der Waals surface area contributed by atoms with Crippen LogP contribution in [0.5, 0.6) is 0 Å². The fraction of sp³-hybridized carbons (Fsp3) is 0.154. The molecule has 1 aromatic heterocycles. The number of nitrogens with zero attached hydrogens (tertiary/aromatic N) is 2. The Labute approximate surface area is 110 Å². The van der Waals surface area contributed by atoms with Crippen LogP contribution in [0, 0.1) is 5.82 Å². The van der Waals surface area contributed by atoms with Crippen LogP contribution in [0.3, 0.4) is 0 Å². The number of anilines is 2. The first-order valence-corrected chi connectivity index (χ1v) is 5.84. The number of nitrogens with two attached hydrogens (primary N) is 1. The zero-order valence-electron chi connectivity index (χ0n) is 9.90. The SMILES string of the molecule is CN(c1ccc(F)cc1)c1nccc(CN)c1Cl. The molecule has 0 aliphatic carbocycles. The molecule has 0 bridgehead atoms. The highest BCUT2D eigenvalue weighted by Gasteiger charge is 2.12. The minimum absolute atomic E-state index is 0.276. The molecule has 1 aromatic carbocycles. The summed E-state index contributed by atoms with van der Waals surface area (Å²) in [6.07, 6.45) is 1.66. The molecule has 2 rings (SSSR count). The summed E-state index contributed by atoms with van der Waals surface area (Å²) in [6.45, 7) is 0.353. The van der Waals surface area contributed by atoms with Crippen molar-refractivity contribution in [2.75, 3.05) is 11.9 Å². The van der Waals surface area contributed by atoms with Crippen LogP contribution in [0.2, 0.25) is 5.02 Å². The lowest BCUT2D eigenvalue weighted by atomic mass is 10.2. The van der Waals surface area contributed by atoms with Gasteiger partial charge in [0.15, 0.2) is 5.82 Å². The number of halogens is 2. The van der Waals surface area contributed by atoms with Crippen LogP contribution in [0.1, 0.15) is 5.56 Å². The van der Waals surface area contributed by atoms with Crippen LogP contribution in [0.4, 0.5) is 15.9 Å². The van der Waals surface area contributed by atoms with Crippen molar-refractivity contribution in [2.45, 2.75) is 6.54 Å². The van der Waals surface area contributed by atoms with E-state index >= 15 is 0 Å². The molecular weight excluding hydrogens is 253 g/mol. The van der Waals surface area contributed by atoms with Crippen molar-refractivity contribution in [3.05, 3.63) is 52.9 Å².